The van der Waals surface area contributed by atoms with Gasteiger partial charge >= 0.3 is 0 Å². The van der Waals surface area contributed by atoms with Crippen LogP contribution >= 0.6 is 51.3 Å². The Balaban J connectivity index is 2.42. The zero-order valence-corrected chi connectivity index (χ0v) is 13.7. The third kappa shape index (κ3) is 2.19. The Morgan fingerprint density at radius 1 is 1.20 bits per heavy atom. The second kappa shape index (κ2) is 5.15. The van der Waals surface area contributed by atoms with E-state index in [-0.39, 0.29) is 5.02 Å². The maximum atomic E-state index is 13.7. The number of H-pyrrole nitrogens is 1. The van der Waals surface area contributed by atoms with E-state index in [4.69, 9.17) is 35.4 Å². The highest BCUT2D eigenvalue weighted by Crippen LogP contribution is 2.32. The molecule has 0 atom stereocenters. The van der Waals surface area contributed by atoms with Crippen molar-refractivity contribution < 1.29 is 4.39 Å². The molecule has 20 heavy (non-hydrogen) atoms. The number of benzene rings is 2. The first-order valence-electron chi connectivity index (χ1n) is 5.53. The van der Waals surface area contributed by atoms with Crippen molar-refractivity contribution in [3.8, 4) is 5.69 Å². The van der Waals surface area contributed by atoms with E-state index in [1.807, 2.05) is 6.07 Å². The molecule has 0 unspecified atom stereocenters. The number of fused-ring (bicyclic) bond motifs is 1. The third-order valence-corrected chi connectivity index (χ3v) is 4.85. The van der Waals surface area contributed by atoms with Crippen molar-refractivity contribution in [1.82, 2.24) is 9.55 Å². The van der Waals surface area contributed by atoms with Crippen LogP contribution in [0, 0.1) is 10.6 Å². The molecule has 3 aromatic rings. The van der Waals surface area contributed by atoms with E-state index in [0.29, 0.717) is 25.3 Å². The smallest absolute Gasteiger partial charge is 0.182 e. The van der Waals surface area contributed by atoms with Crippen LogP contribution in [0.3, 0.4) is 0 Å². The van der Waals surface area contributed by atoms with Gasteiger partial charge in [-0.1, -0.05) is 29.3 Å². The van der Waals surface area contributed by atoms with Gasteiger partial charge in [0.1, 0.15) is 5.82 Å². The summed E-state index contributed by atoms with van der Waals surface area (Å²) in [5, 5.41) is 0.597. The fourth-order valence-electron chi connectivity index (χ4n) is 2.01. The van der Waals surface area contributed by atoms with Crippen molar-refractivity contribution in [3.05, 3.63) is 55.4 Å². The summed E-state index contributed by atoms with van der Waals surface area (Å²) >= 11 is 20.6. The van der Waals surface area contributed by atoms with Crippen LogP contribution in [0.1, 0.15) is 0 Å². The lowest BCUT2D eigenvalue weighted by atomic mass is 10.2. The number of halogens is 4. The van der Waals surface area contributed by atoms with Gasteiger partial charge in [0.2, 0.25) is 0 Å². The van der Waals surface area contributed by atoms with Crippen molar-refractivity contribution in [3.63, 3.8) is 0 Å². The number of aromatic nitrogens is 2. The second-order valence-corrected chi connectivity index (χ2v) is 6.12. The van der Waals surface area contributed by atoms with Crippen molar-refractivity contribution in [1.29, 1.82) is 0 Å². The maximum absolute atomic E-state index is 13.7. The molecule has 1 aromatic heterocycles. The number of nitrogens with one attached hydrogen (secondary N) is 1. The molecule has 0 aliphatic heterocycles. The Morgan fingerprint density at radius 2 is 1.95 bits per heavy atom. The molecule has 7 heteroatoms. The summed E-state index contributed by atoms with van der Waals surface area (Å²) in [6.07, 6.45) is 0. The largest absolute Gasteiger partial charge is 0.330 e. The van der Waals surface area contributed by atoms with Gasteiger partial charge in [-0.05, 0) is 46.3 Å². The fourth-order valence-corrected chi connectivity index (χ4v) is 3.09. The number of hydrogen-bond donors (Lipinski definition) is 1. The lowest BCUT2D eigenvalue weighted by molar-refractivity contribution is 0.629. The SMILES string of the molecule is Fc1cc2c(cc1Cl)[nH]c(=S)n2-c1cccc(Cl)c1Br. The number of hydrogen-bond acceptors (Lipinski definition) is 1. The molecule has 0 bridgehead atoms. The molecule has 0 saturated heterocycles. The average Bonchev–Trinajstić information content (AvgIpc) is 2.69. The summed E-state index contributed by atoms with van der Waals surface area (Å²) < 4.78 is 16.5. The molecule has 0 amide bonds. The summed E-state index contributed by atoms with van der Waals surface area (Å²) in [4.78, 5) is 3.00. The zero-order chi connectivity index (χ0) is 14.4. The average molecular weight is 392 g/mol. The van der Waals surface area contributed by atoms with Gasteiger partial charge in [0.25, 0.3) is 0 Å². The van der Waals surface area contributed by atoms with E-state index in [0.717, 1.165) is 5.69 Å². The second-order valence-electron chi connectivity index (χ2n) is 4.12. The third-order valence-electron chi connectivity index (χ3n) is 2.90. The number of rotatable bonds is 1. The molecule has 2 aromatic carbocycles. The highest BCUT2D eigenvalue weighted by molar-refractivity contribution is 9.10. The predicted molar refractivity (Wildman–Crippen MR) is 86.1 cm³/mol. The van der Waals surface area contributed by atoms with Gasteiger partial charge < -0.3 is 4.98 Å². The van der Waals surface area contributed by atoms with Gasteiger partial charge in [0.05, 0.1) is 31.2 Å². The van der Waals surface area contributed by atoms with Crippen LogP contribution in [0.25, 0.3) is 16.7 Å². The molecule has 1 N–H and O–H groups in total. The Labute approximate surface area is 137 Å². The van der Waals surface area contributed by atoms with Crippen LogP contribution in [0.15, 0.2) is 34.8 Å². The molecule has 0 aliphatic rings. The van der Waals surface area contributed by atoms with Crippen molar-refractivity contribution in [2.75, 3.05) is 0 Å². The quantitative estimate of drug-likeness (QED) is 0.512. The summed E-state index contributed by atoms with van der Waals surface area (Å²) in [6.45, 7) is 0. The summed E-state index contributed by atoms with van der Waals surface area (Å²) in [5.41, 5.74) is 1.99. The molecule has 0 radical (unpaired) electrons. The van der Waals surface area contributed by atoms with Gasteiger partial charge in [0.15, 0.2) is 4.77 Å². The van der Waals surface area contributed by atoms with Crippen LogP contribution < -0.4 is 0 Å². The van der Waals surface area contributed by atoms with Gasteiger partial charge in [-0.3, -0.25) is 4.57 Å². The lowest BCUT2D eigenvalue weighted by Gasteiger charge is -2.08. The minimum Gasteiger partial charge on any atom is -0.330 e. The molecule has 1 heterocycles. The first-order valence-corrected chi connectivity index (χ1v) is 7.49. The molecule has 102 valence electrons. The summed E-state index contributed by atoms with van der Waals surface area (Å²) in [7, 11) is 0. The normalized spacial score (nSPS) is 11.2. The monoisotopic (exact) mass is 390 g/mol. The van der Waals surface area contributed by atoms with Crippen molar-refractivity contribution in [2.24, 2.45) is 0 Å². The van der Waals surface area contributed by atoms with Crippen LogP contribution in [-0.4, -0.2) is 9.55 Å². The highest BCUT2D eigenvalue weighted by Gasteiger charge is 2.13. The van der Waals surface area contributed by atoms with Gasteiger partial charge in [-0.25, -0.2) is 4.39 Å². The van der Waals surface area contributed by atoms with E-state index >= 15 is 0 Å². The maximum Gasteiger partial charge on any atom is 0.182 e. The molecule has 0 fully saturated rings. The number of imidazole rings is 1. The molecule has 0 saturated carbocycles. The highest BCUT2D eigenvalue weighted by atomic mass is 79.9. The molecule has 0 spiro atoms. The van der Waals surface area contributed by atoms with Crippen molar-refractivity contribution in [2.45, 2.75) is 0 Å². The van der Waals surface area contributed by atoms with Gasteiger partial charge in [0, 0.05) is 6.07 Å². The Bertz CT molecular complexity index is 888. The molecular formula is C13H6BrCl2FN2S. The first kappa shape index (κ1) is 14.1. The van der Waals surface area contributed by atoms with Crippen LogP contribution in [0.5, 0.6) is 0 Å². The standard InChI is InChI=1S/C13H6BrCl2FN2S/c14-12-6(15)2-1-3-10(12)19-11-5-8(17)7(16)4-9(11)18-13(19)20/h1-5H,(H,18,20). The van der Waals surface area contributed by atoms with E-state index in [1.54, 1.807) is 16.7 Å². The first-order chi connectivity index (χ1) is 9.49. The molecule has 3 rings (SSSR count). The predicted octanol–water partition coefficient (Wildman–Crippen LogP) is 5.90. The van der Waals surface area contributed by atoms with E-state index < -0.39 is 5.82 Å². The van der Waals surface area contributed by atoms with E-state index in [2.05, 4.69) is 20.9 Å². The van der Waals surface area contributed by atoms with Crippen molar-refractivity contribution >= 4 is 62.4 Å². The minimum atomic E-state index is -0.500. The molecule has 2 nitrogen and oxygen atoms in total. The fraction of sp³-hybridized carbons (Fsp3) is 0. The summed E-state index contributed by atoms with van der Waals surface area (Å²) in [6, 6.07) is 8.25. The number of aromatic amines is 1. The van der Waals surface area contributed by atoms with Gasteiger partial charge in [-0.2, -0.15) is 0 Å². The van der Waals surface area contributed by atoms with E-state index in [9.17, 15) is 4.39 Å². The van der Waals surface area contributed by atoms with E-state index in [1.165, 1.54) is 12.1 Å². The minimum absolute atomic E-state index is 0.0473. The van der Waals surface area contributed by atoms with Crippen LogP contribution in [0.4, 0.5) is 4.39 Å². The topological polar surface area (TPSA) is 20.7 Å². The molecule has 0 aliphatic carbocycles. The molecular weight excluding hydrogens is 386 g/mol. The summed E-state index contributed by atoms with van der Waals surface area (Å²) in [5.74, 6) is -0.500. The lowest BCUT2D eigenvalue weighted by Crippen LogP contribution is -1.96. The Kier molecular flexibility index (Phi) is 3.62. The Morgan fingerprint density at radius 3 is 2.70 bits per heavy atom. The zero-order valence-electron chi connectivity index (χ0n) is 9.75. The Hall–Kier alpha value is -0.880. The van der Waals surface area contributed by atoms with Crippen LogP contribution in [0.2, 0.25) is 10.0 Å². The number of nitrogens with zero attached hydrogens (tertiary/aromatic N) is 1. The van der Waals surface area contributed by atoms with Gasteiger partial charge in [-0.15, -0.1) is 0 Å². The van der Waals surface area contributed by atoms with Crippen LogP contribution in [-0.2, 0) is 0 Å².